The van der Waals surface area contributed by atoms with E-state index in [2.05, 4.69) is 43.1 Å². The smallest absolute Gasteiger partial charge is 0.155 e. The Hall–Kier alpha value is -1.41. The van der Waals surface area contributed by atoms with Crippen LogP contribution in [0.5, 0.6) is 0 Å². The van der Waals surface area contributed by atoms with Crippen LogP contribution < -0.4 is 0 Å². The van der Waals surface area contributed by atoms with Gasteiger partial charge in [-0.15, -0.1) is 5.10 Å². The standard InChI is InChI=1S/C14H15ClN2/c1-9-6-10(2)13(11(3)7-9)8-12-4-5-16-17-14(12)15/h4-7H,8H2,1-3H3. The maximum absolute atomic E-state index is 6.04. The lowest BCUT2D eigenvalue weighted by Gasteiger charge is -2.11. The van der Waals surface area contributed by atoms with Crippen molar-refractivity contribution in [1.82, 2.24) is 10.2 Å². The third kappa shape index (κ3) is 2.64. The van der Waals surface area contributed by atoms with Crippen molar-refractivity contribution in [2.75, 3.05) is 0 Å². The van der Waals surface area contributed by atoms with E-state index in [1.54, 1.807) is 6.20 Å². The molecule has 0 N–H and O–H groups in total. The monoisotopic (exact) mass is 246 g/mol. The molecule has 1 heterocycles. The lowest BCUT2D eigenvalue weighted by molar-refractivity contribution is 0.987. The Morgan fingerprint density at radius 3 is 2.35 bits per heavy atom. The van der Waals surface area contributed by atoms with Gasteiger partial charge in [-0.2, -0.15) is 5.10 Å². The summed E-state index contributed by atoms with van der Waals surface area (Å²) in [6.45, 7) is 6.39. The normalized spacial score (nSPS) is 10.6. The van der Waals surface area contributed by atoms with Crippen LogP contribution in [-0.4, -0.2) is 10.2 Å². The first-order chi connectivity index (χ1) is 8.08. The van der Waals surface area contributed by atoms with Crippen LogP contribution in [0.3, 0.4) is 0 Å². The van der Waals surface area contributed by atoms with Gasteiger partial charge in [-0.05, 0) is 49.1 Å². The molecule has 0 bridgehead atoms. The third-order valence-electron chi connectivity index (χ3n) is 2.96. The molecule has 0 saturated carbocycles. The van der Waals surface area contributed by atoms with Crippen LogP contribution in [-0.2, 0) is 6.42 Å². The predicted octanol–water partition coefficient (Wildman–Crippen LogP) is 3.65. The van der Waals surface area contributed by atoms with Crippen LogP contribution in [0, 0.1) is 20.8 Å². The van der Waals surface area contributed by atoms with Crippen molar-refractivity contribution < 1.29 is 0 Å². The van der Waals surface area contributed by atoms with E-state index in [1.165, 1.54) is 22.3 Å². The van der Waals surface area contributed by atoms with Gasteiger partial charge < -0.3 is 0 Å². The van der Waals surface area contributed by atoms with E-state index >= 15 is 0 Å². The van der Waals surface area contributed by atoms with Gasteiger partial charge in [0.25, 0.3) is 0 Å². The van der Waals surface area contributed by atoms with E-state index in [9.17, 15) is 0 Å². The fourth-order valence-corrected chi connectivity index (χ4v) is 2.32. The first-order valence-electron chi connectivity index (χ1n) is 5.60. The van der Waals surface area contributed by atoms with Gasteiger partial charge in [-0.25, -0.2) is 0 Å². The van der Waals surface area contributed by atoms with Crippen LogP contribution in [0.4, 0.5) is 0 Å². The number of benzene rings is 1. The summed E-state index contributed by atoms with van der Waals surface area (Å²) >= 11 is 6.04. The van der Waals surface area contributed by atoms with Crippen LogP contribution in [0.15, 0.2) is 24.4 Å². The molecule has 2 rings (SSSR count). The number of hydrogen-bond donors (Lipinski definition) is 0. The lowest BCUT2D eigenvalue weighted by atomic mass is 9.95. The Morgan fingerprint density at radius 2 is 1.76 bits per heavy atom. The van der Waals surface area contributed by atoms with Gasteiger partial charge in [-0.1, -0.05) is 29.3 Å². The third-order valence-corrected chi connectivity index (χ3v) is 3.28. The maximum Gasteiger partial charge on any atom is 0.155 e. The molecule has 2 nitrogen and oxygen atoms in total. The molecule has 88 valence electrons. The van der Waals surface area contributed by atoms with Gasteiger partial charge in [0.05, 0.1) is 0 Å². The number of nitrogens with zero attached hydrogens (tertiary/aromatic N) is 2. The highest BCUT2D eigenvalue weighted by Crippen LogP contribution is 2.22. The molecule has 0 aliphatic rings. The second kappa shape index (κ2) is 4.84. The Kier molecular flexibility index (Phi) is 3.43. The summed E-state index contributed by atoms with van der Waals surface area (Å²) < 4.78 is 0. The molecule has 2 aromatic rings. The largest absolute Gasteiger partial charge is 0.158 e. The summed E-state index contributed by atoms with van der Waals surface area (Å²) in [5, 5.41) is 8.12. The molecule has 3 heteroatoms. The number of aromatic nitrogens is 2. The molecule has 0 spiro atoms. The number of halogens is 1. The van der Waals surface area contributed by atoms with Gasteiger partial charge in [0.1, 0.15) is 0 Å². The Balaban J connectivity index is 2.40. The van der Waals surface area contributed by atoms with E-state index in [-0.39, 0.29) is 0 Å². The van der Waals surface area contributed by atoms with Crippen molar-refractivity contribution in [1.29, 1.82) is 0 Å². The second-order valence-electron chi connectivity index (χ2n) is 4.40. The fraction of sp³-hybridized carbons (Fsp3) is 0.286. The number of hydrogen-bond acceptors (Lipinski definition) is 2. The van der Waals surface area contributed by atoms with E-state index in [0.29, 0.717) is 5.15 Å². The van der Waals surface area contributed by atoms with E-state index in [1.807, 2.05) is 6.07 Å². The predicted molar refractivity (Wildman–Crippen MR) is 70.5 cm³/mol. The minimum absolute atomic E-state index is 0.492. The van der Waals surface area contributed by atoms with Crippen molar-refractivity contribution in [2.24, 2.45) is 0 Å². The zero-order valence-electron chi connectivity index (χ0n) is 10.3. The lowest BCUT2D eigenvalue weighted by Crippen LogP contribution is -1.98. The van der Waals surface area contributed by atoms with E-state index in [0.717, 1.165) is 12.0 Å². The molecule has 1 aromatic heterocycles. The molecule has 0 atom stereocenters. The molecule has 0 amide bonds. The average molecular weight is 247 g/mol. The molecular weight excluding hydrogens is 232 g/mol. The summed E-state index contributed by atoms with van der Waals surface area (Å²) in [6.07, 6.45) is 2.49. The highest BCUT2D eigenvalue weighted by atomic mass is 35.5. The van der Waals surface area contributed by atoms with Crippen LogP contribution >= 0.6 is 11.6 Å². The van der Waals surface area contributed by atoms with Gasteiger partial charge in [0.15, 0.2) is 5.15 Å². The highest BCUT2D eigenvalue weighted by Gasteiger charge is 2.08. The molecule has 0 aliphatic carbocycles. The maximum atomic E-state index is 6.04. The summed E-state index contributed by atoms with van der Waals surface area (Å²) in [7, 11) is 0. The molecular formula is C14H15ClN2. The first kappa shape index (κ1) is 12.1. The summed E-state index contributed by atoms with van der Waals surface area (Å²) in [5.41, 5.74) is 6.25. The molecule has 1 aromatic carbocycles. The van der Waals surface area contributed by atoms with Crippen molar-refractivity contribution in [3.05, 3.63) is 57.4 Å². The Labute approximate surface area is 107 Å². The first-order valence-corrected chi connectivity index (χ1v) is 5.98. The van der Waals surface area contributed by atoms with E-state index < -0.39 is 0 Å². The minimum atomic E-state index is 0.492. The second-order valence-corrected chi connectivity index (χ2v) is 4.76. The molecule has 0 aliphatic heterocycles. The Bertz CT molecular complexity index is 527. The topological polar surface area (TPSA) is 25.8 Å². The zero-order chi connectivity index (χ0) is 12.4. The van der Waals surface area contributed by atoms with Gasteiger partial charge in [0.2, 0.25) is 0 Å². The van der Waals surface area contributed by atoms with Gasteiger partial charge in [0, 0.05) is 12.6 Å². The average Bonchev–Trinajstić information content (AvgIpc) is 2.25. The number of aryl methyl sites for hydroxylation is 3. The van der Waals surface area contributed by atoms with Crippen molar-refractivity contribution in [2.45, 2.75) is 27.2 Å². The molecule has 0 saturated heterocycles. The highest BCUT2D eigenvalue weighted by molar-refractivity contribution is 6.30. The summed E-state index contributed by atoms with van der Waals surface area (Å²) in [6, 6.07) is 6.32. The number of rotatable bonds is 2. The van der Waals surface area contributed by atoms with Gasteiger partial charge >= 0.3 is 0 Å². The van der Waals surface area contributed by atoms with Crippen molar-refractivity contribution in [3.8, 4) is 0 Å². The quantitative estimate of drug-likeness (QED) is 0.809. The zero-order valence-corrected chi connectivity index (χ0v) is 11.0. The van der Waals surface area contributed by atoms with Crippen LogP contribution in [0.25, 0.3) is 0 Å². The van der Waals surface area contributed by atoms with Gasteiger partial charge in [-0.3, -0.25) is 0 Å². The SMILES string of the molecule is Cc1cc(C)c(Cc2ccnnc2Cl)c(C)c1. The summed E-state index contributed by atoms with van der Waals surface area (Å²) in [4.78, 5) is 0. The summed E-state index contributed by atoms with van der Waals surface area (Å²) in [5.74, 6) is 0. The van der Waals surface area contributed by atoms with Crippen molar-refractivity contribution in [3.63, 3.8) is 0 Å². The van der Waals surface area contributed by atoms with Crippen LogP contribution in [0.1, 0.15) is 27.8 Å². The van der Waals surface area contributed by atoms with Crippen LogP contribution in [0.2, 0.25) is 5.15 Å². The molecule has 0 unspecified atom stereocenters. The van der Waals surface area contributed by atoms with E-state index in [4.69, 9.17) is 11.6 Å². The van der Waals surface area contributed by atoms with Crippen molar-refractivity contribution >= 4 is 11.6 Å². The Morgan fingerprint density at radius 1 is 1.12 bits per heavy atom. The minimum Gasteiger partial charge on any atom is -0.158 e. The molecule has 0 radical (unpaired) electrons. The fourth-order valence-electron chi connectivity index (χ4n) is 2.15. The molecule has 0 fully saturated rings. The molecule has 17 heavy (non-hydrogen) atoms.